The van der Waals surface area contributed by atoms with Crippen molar-refractivity contribution in [2.75, 3.05) is 6.61 Å². The predicted octanol–water partition coefficient (Wildman–Crippen LogP) is 1.42. The molecule has 15 heavy (non-hydrogen) atoms. The van der Waals surface area contributed by atoms with Crippen LogP contribution in [0.3, 0.4) is 0 Å². The second-order valence-corrected chi connectivity index (χ2v) is 4.45. The smallest absolute Gasteiger partial charge is 0.317 e. The maximum atomic E-state index is 11.8. The van der Waals surface area contributed by atoms with E-state index in [1.165, 1.54) is 0 Å². The molecule has 0 aliphatic carbocycles. The number of carbonyl (C=O) groups is 1. The minimum absolute atomic E-state index is 0.281. The van der Waals surface area contributed by atoms with Crippen LogP contribution in [0.4, 0.5) is 0 Å². The molecule has 0 bridgehead atoms. The Labute approximate surface area is 96.9 Å². The Kier molecular flexibility index (Phi) is 3.49. The van der Waals surface area contributed by atoms with Gasteiger partial charge in [-0.2, -0.15) is 0 Å². The van der Waals surface area contributed by atoms with Gasteiger partial charge in [0.1, 0.15) is 5.41 Å². The summed E-state index contributed by atoms with van der Waals surface area (Å²) >= 11 is 3.27. The Balaban J connectivity index is 3.10. The first-order chi connectivity index (χ1) is 6.91. The third kappa shape index (κ3) is 2.19. The van der Waals surface area contributed by atoms with E-state index in [1.54, 1.807) is 32.5 Å². The van der Waals surface area contributed by atoms with Crippen LogP contribution < -0.4 is 0 Å². The molecule has 0 radical (unpaired) electrons. The summed E-state index contributed by atoms with van der Waals surface area (Å²) in [6.07, 6.45) is 0. The van der Waals surface area contributed by atoms with Crippen molar-refractivity contribution >= 4 is 21.9 Å². The normalized spacial score (nSPS) is 11.5. The van der Waals surface area contributed by atoms with E-state index < -0.39 is 5.41 Å². The summed E-state index contributed by atoms with van der Waals surface area (Å²) in [5, 5.41) is 7.68. The van der Waals surface area contributed by atoms with Gasteiger partial charge in [-0.3, -0.25) is 9.48 Å². The molecule has 84 valence electrons. The lowest BCUT2D eigenvalue weighted by atomic mass is 9.90. The molecule has 0 N–H and O–H groups in total. The van der Waals surface area contributed by atoms with E-state index in [0.717, 1.165) is 0 Å². The van der Waals surface area contributed by atoms with Crippen molar-refractivity contribution < 1.29 is 9.53 Å². The Morgan fingerprint density at radius 1 is 1.60 bits per heavy atom. The van der Waals surface area contributed by atoms with E-state index in [4.69, 9.17) is 4.74 Å². The zero-order valence-corrected chi connectivity index (χ0v) is 10.8. The minimum Gasteiger partial charge on any atom is -0.465 e. The largest absolute Gasteiger partial charge is 0.465 e. The highest BCUT2D eigenvalue weighted by Gasteiger charge is 2.36. The third-order valence-electron chi connectivity index (χ3n) is 2.16. The van der Waals surface area contributed by atoms with Gasteiger partial charge in [0.15, 0.2) is 4.60 Å². The van der Waals surface area contributed by atoms with Gasteiger partial charge in [-0.25, -0.2) is 0 Å². The molecule has 0 saturated carbocycles. The molecule has 0 aromatic carbocycles. The number of aromatic nitrogens is 3. The number of halogens is 1. The van der Waals surface area contributed by atoms with E-state index in [1.807, 2.05) is 0 Å². The molecule has 5 nitrogen and oxygen atoms in total. The molecule has 6 heteroatoms. The highest BCUT2D eigenvalue weighted by atomic mass is 79.9. The van der Waals surface area contributed by atoms with Gasteiger partial charge in [0.25, 0.3) is 0 Å². The fourth-order valence-electron chi connectivity index (χ4n) is 1.40. The Bertz CT molecular complexity index is 354. The first kappa shape index (κ1) is 12.2. The van der Waals surface area contributed by atoms with Crippen molar-refractivity contribution in [1.29, 1.82) is 0 Å². The number of carbonyl (C=O) groups excluding carboxylic acids is 1. The summed E-state index contributed by atoms with van der Waals surface area (Å²) in [7, 11) is 1.74. The van der Waals surface area contributed by atoms with E-state index >= 15 is 0 Å². The topological polar surface area (TPSA) is 57.0 Å². The number of rotatable bonds is 3. The number of esters is 1. The van der Waals surface area contributed by atoms with Crippen molar-refractivity contribution in [3.8, 4) is 0 Å². The van der Waals surface area contributed by atoms with Gasteiger partial charge >= 0.3 is 5.97 Å². The molecule has 0 aliphatic rings. The van der Waals surface area contributed by atoms with Crippen LogP contribution in [0, 0.1) is 0 Å². The zero-order chi connectivity index (χ0) is 11.6. The molecule has 0 spiro atoms. The van der Waals surface area contributed by atoms with Gasteiger partial charge in [-0.05, 0) is 36.7 Å². The average molecular weight is 276 g/mol. The van der Waals surface area contributed by atoms with Crippen molar-refractivity contribution in [1.82, 2.24) is 15.0 Å². The Morgan fingerprint density at radius 3 is 2.60 bits per heavy atom. The van der Waals surface area contributed by atoms with Crippen LogP contribution in [-0.2, 0) is 22.0 Å². The van der Waals surface area contributed by atoms with Crippen molar-refractivity contribution in [3.63, 3.8) is 0 Å². The predicted molar refractivity (Wildman–Crippen MR) is 58.4 cm³/mol. The standard InChI is InChI=1S/C9H14BrN3O2/c1-5-15-8(14)9(2,3)6-7(10)11-12-13(6)4/h5H2,1-4H3. The van der Waals surface area contributed by atoms with Crippen LogP contribution in [0.1, 0.15) is 26.5 Å². The van der Waals surface area contributed by atoms with Crippen molar-refractivity contribution in [2.24, 2.45) is 7.05 Å². The Morgan fingerprint density at radius 2 is 2.20 bits per heavy atom. The van der Waals surface area contributed by atoms with Crippen LogP contribution >= 0.6 is 15.9 Å². The molecular weight excluding hydrogens is 262 g/mol. The van der Waals surface area contributed by atoms with Gasteiger partial charge in [0.2, 0.25) is 0 Å². The fourth-order valence-corrected chi connectivity index (χ4v) is 2.23. The summed E-state index contributed by atoms with van der Waals surface area (Å²) in [4.78, 5) is 11.8. The molecule has 0 amide bonds. The van der Waals surface area contributed by atoms with Crippen LogP contribution in [0.25, 0.3) is 0 Å². The molecule has 0 unspecified atom stereocenters. The summed E-state index contributed by atoms with van der Waals surface area (Å²) in [5.41, 5.74) is -0.0476. The van der Waals surface area contributed by atoms with Gasteiger partial charge in [-0.15, -0.1) is 5.10 Å². The summed E-state index contributed by atoms with van der Waals surface area (Å²) < 4.78 is 7.15. The summed E-state index contributed by atoms with van der Waals surface area (Å²) in [6.45, 7) is 5.72. The van der Waals surface area contributed by atoms with E-state index in [-0.39, 0.29) is 5.97 Å². The maximum absolute atomic E-state index is 11.8. The van der Waals surface area contributed by atoms with Crippen LogP contribution in [0.5, 0.6) is 0 Å². The van der Waals surface area contributed by atoms with Crippen molar-refractivity contribution in [3.05, 3.63) is 10.3 Å². The van der Waals surface area contributed by atoms with Crippen LogP contribution in [0.15, 0.2) is 4.60 Å². The van der Waals surface area contributed by atoms with Gasteiger partial charge < -0.3 is 4.74 Å². The number of nitrogens with zero attached hydrogens (tertiary/aromatic N) is 3. The zero-order valence-electron chi connectivity index (χ0n) is 9.24. The molecule has 0 fully saturated rings. The molecule has 0 atom stereocenters. The SMILES string of the molecule is CCOC(=O)C(C)(C)c1c(Br)nnn1C. The maximum Gasteiger partial charge on any atom is 0.317 e. The first-order valence-corrected chi connectivity index (χ1v) is 5.43. The molecule has 1 rings (SSSR count). The summed E-state index contributed by atoms with van der Waals surface area (Å²) in [6, 6.07) is 0. The quantitative estimate of drug-likeness (QED) is 0.783. The second kappa shape index (κ2) is 4.30. The van der Waals surface area contributed by atoms with Gasteiger partial charge in [-0.1, -0.05) is 5.21 Å². The number of hydrogen-bond acceptors (Lipinski definition) is 4. The minimum atomic E-state index is -0.757. The molecule has 0 saturated heterocycles. The third-order valence-corrected chi connectivity index (χ3v) is 2.70. The van der Waals surface area contributed by atoms with Gasteiger partial charge in [0, 0.05) is 7.05 Å². The lowest BCUT2D eigenvalue weighted by Gasteiger charge is -2.22. The fraction of sp³-hybridized carbons (Fsp3) is 0.667. The summed E-state index contributed by atoms with van der Waals surface area (Å²) in [5.74, 6) is -0.281. The van der Waals surface area contributed by atoms with E-state index in [9.17, 15) is 4.79 Å². The average Bonchev–Trinajstić information content (AvgIpc) is 2.46. The molecule has 0 aliphatic heterocycles. The monoisotopic (exact) mass is 275 g/mol. The van der Waals surface area contributed by atoms with Crippen LogP contribution in [-0.4, -0.2) is 27.6 Å². The van der Waals surface area contributed by atoms with Crippen molar-refractivity contribution in [2.45, 2.75) is 26.2 Å². The first-order valence-electron chi connectivity index (χ1n) is 4.64. The number of ether oxygens (including phenoxy) is 1. The molecule has 1 aromatic rings. The Hall–Kier alpha value is -0.910. The van der Waals surface area contributed by atoms with E-state index in [2.05, 4.69) is 26.2 Å². The lowest BCUT2D eigenvalue weighted by Crippen LogP contribution is -2.33. The van der Waals surface area contributed by atoms with Crippen LogP contribution in [0.2, 0.25) is 0 Å². The molecular formula is C9H14BrN3O2. The molecule has 1 heterocycles. The number of aryl methyl sites for hydroxylation is 1. The highest BCUT2D eigenvalue weighted by molar-refractivity contribution is 9.10. The lowest BCUT2D eigenvalue weighted by molar-refractivity contribution is -0.149. The second-order valence-electron chi connectivity index (χ2n) is 3.70. The number of hydrogen-bond donors (Lipinski definition) is 0. The molecule has 1 aromatic heterocycles. The highest BCUT2D eigenvalue weighted by Crippen LogP contribution is 2.29. The van der Waals surface area contributed by atoms with E-state index in [0.29, 0.717) is 16.9 Å². The van der Waals surface area contributed by atoms with Gasteiger partial charge in [0.05, 0.1) is 12.3 Å².